The third-order valence-corrected chi connectivity index (χ3v) is 5.98. The second kappa shape index (κ2) is 11.5. The Balaban J connectivity index is 1.78. The number of nitrogens with zero attached hydrogens (tertiary/aromatic N) is 2. The first-order valence-corrected chi connectivity index (χ1v) is 11.2. The van der Waals surface area contributed by atoms with E-state index < -0.39 is 48.0 Å². The number of hydrogen-bond acceptors (Lipinski definition) is 5. The molecule has 2 aromatic carbocycles. The van der Waals surface area contributed by atoms with Gasteiger partial charge in [0.15, 0.2) is 0 Å². The van der Waals surface area contributed by atoms with Crippen molar-refractivity contribution in [1.82, 2.24) is 9.80 Å². The van der Waals surface area contributed by atoms with Gasteiger partial charge in [0.2, 0.25) is 5.91 Å². The number of piperazine rings is 1. The lowest BCUT2D eigenvalue weighted by molar-refractivity contribution is -0.143. The zero-order valence-corrected chi connectivity index (χ0v) is 19.5. The lowest BCUT2D eigenvalue weighted by Gasteiger charge is -2.39. The first-order chi connectivity index (χ1) is 17.2. The molecule has 1 aliphatic rings. The molecule has 0 bridgehead atoms. The lowest BCUT2D eigenvalue weighted by atomic mass is 10.0. The number of carboxylic acid groups (broad SMARTS) is 1. The molecule has 0 aromatic heterocycles. The van der Waals surface area contributed by atoms with Crippen LogP contribution in [-0.2, 0) is 28.5 Å². The van der Waals surface area contributed by atoms with E-state index in [1.165, 1.54) is 12.1 Å². The van der Waals surface area contributed by atoms with Gasteiger partial charge >= 0.3 is 18.3 Å². The Morgan fingerprint density at radius 1 is 0.919 bits per heavy atom. The van der Waals surface area contributed by atoms with Crippen molar-refractivity contribution in [2.75, 3.05) is 39.3 Å². The van der Waals surface area contributed by atoms with Crippen molar-refractivity contribution in [1.29, 1.82) is 0 Å². The summed E-state index contributed by atoms with van der Waals surface area (Å²) in [5, 5.41) is 9.00. The predicted octanol–water partition coefficient (Wildman–Crippen LogP) is 3.78. The van der Waals surface area contributed by atoms with Crippen LogP contribution in [0.15, 0.2) is 42.5 Å². The molecule has 1 aliphatic heterocycles. The molecule has 0 radical (unpaired) electrons. The summed E-state index contributed by atoms with van der Waals surface area (Å²) in [4.78, 5) is 26.1. The Hall–Kier alpha value is -3.16. The summed E-state index contributed by atoms with van der Waals surface area (Å²) in [6.45, 7) is 1.06. The largest absolute Gasteiger partial charge is 0.480 e. The number of amides is 1. The van der Waals surface area contributed by atoms with Gasteiger partial charge in [0, 0.05) is 31.7 Å². The molecule has 37 heavy (non-hydrogen) atoms. The number of benzene rings is 2. The molecule has 0 aliphatic carbocycles. The highest BCUT2D eigenvalue weighted by Crippen LogP contribution is 2.36. The van der Waals surface area contributed by atoms with Gasteiger partial charge in [-0.15, -0.1) is 0 Å². The number of carbonyl (C=O) groups is 2. The van der Waals surface area contributed by atoms with Crippen molar-refractivity contribution in [3.05, 3.63) is 70.3 Å². The molecule has 1 amide bonds. The highest BCUT2D eigenvalue weighted by Gasteiger charge is 2.37. The Morgan fingerprint density at radius 2 is 1.46 bits per heavy atom. The van der Waals surface area contributed by atoms with Gasteiger partial charge in [0.05, 0.1) is 36.9 Å². The third kappa shape index (κ3) is 7.91. The Morgan fingerprint density at radius 3 is 1.92 bits per heavy atom. The van der Waals surface area contributed by atoms with Crippen LogP contribution < -0.4 is 5.73 Å². The van der Waals surface area contributed by atoms with E-state index in [-0.39, 0.29) is 30.3 Å². The quantitative estimate of drug-likeness (QED) is 0.477. The topological polar surface area (TPSA) is 96.1 Å². The third-order valence-electron chi connectivity index (χ3n) is 5.98. The lowest BCUT2D eigenvalue weighted by Crippen LogP contribution is -2.49. The molecular formula is C24H25F6N3O4. The second-order valence-corrected chi connectivity index (χ2v) is 8.64. The molecule has 1 saturated heterocycles. The molecule has 7 nitrogen and oxygen atoms in total. The van der Waals surface area contributed by atoms with Crippen LogP contribution >= 0.6 is 0 Å². The molecule has 0 spiro atoms. The summed E-state index contributed by atoms with van der Waals surface area (Å²) in [6.07, 6.45) is -9.92. The first-order valence-electron chi connectivity index (χ1n) is 11.2. The van der Waals surface area contributed by atoms with Crippen LogP contribution in [0, 0.1) is 0 Å². The van der Waals surface area contributed by atoms with Crippen LogP contribution in [-0.4, -0.2) is 66.1 Å². The minimum absolute atomic E-state index is 0.0587. The van der Waals surface area contributed by atoms with E-state index >= 15 is 0 Å². The standard InChI is InChI=1S/C24H25F6N3O4/c25-23(26,27)18-9-15(10-19(11-18)24(28,29)30)13-37-14-20(16-1-3-17(4-2-16)22(31)36)33-7-5-32(6-8-33)12-21(34)35/h1-4,9-11,20H,5-8,12-14H2,(H2,31,36)(H,34,35). The maximum absolute atomic E-state index is 13.2. The van der Waals surface area contributed by atoms with Crippen molar-refractivity contribution >= 4 is 11.9 Å². The molecule has 13 heteroatoms. The van der Waals surface area contributed by atoms with Gasteiger partial charge in [0.1, 0.15) is 0 Å². The summed E-state index contributed by atoms with van der Waals surface area (Å²) in [5.74, 6) is -1.60. The maximum Gasteiger partial charge on any atom is 0.416 e. The Bertz CT molecular complexity index is 1060. The number of hydrogen-bond donors (Lipinski definition) is 2. The zero-order chi connectivity index (χ0) is 27.4. The van der Waals surface area contributed by atoms with Crippen molar-refractivity contribution < 1.29 is 45.8 Å². The van der Waals surface area contributed by atoms with Gasteiger partial charge in [-0.25, -0.2) is 0 Å². The highest BCUT2D eigenvalue weighted by atomic mass is 19.4. The summed E-state index contributed by atoms with van der Waals surface area (Å²) >= 11 is 0. The molecule has 0 saturated carbocycles. The van der Waals surface area contributed by atoms with Crippen LogP contribution in [0.4, 0.5) is 26.3 Å². The van der Waals surface area contributed by atoms with Crippen LogP contribution in [0.3, 0.4) is 0 Å². The van der Waals surface area contributed by atoms with Crippen molar-refractivity contribution in [2.45, 2.75) is 25.0 Å². The van der Waals surface area contributed by atoms with E-state index in [1.54, 1.807) is 17.0 Å². The van der Waals surface area contributed by atoms with Crippen molar-refractivity contribution in [3.63, 3.8) is 0 Å². The highest BCUT2D eigenvalue weighted by molar-refractivity contribution is 5.92. The average molecular weight is 533 g/mol. The normalized spacial score (nSPS) is 16.5. The molecule has 3 rings (SSSR count). The van der Waals surface area contributed by atoms with Crippen LogP contribution in [0.1, 0.15) is 38.7 Å². The smallest absolute Gasteiger partial charge is 0.416 e. The fraction of sp³-hybridized carbons (Fsp3) is 0.417. The second-order valence-electron chi connectivity index (χ2n) is 8.64. The molecule has 202 valence electrons. The minimum atomic E-state index is -4.96. The molecule has 1 heterocycles. The average Bonchev–Trinajstić information content (AvgIpc) is 2.81. The van der Waals surface area contributed by atoms with E-state index in [1.807, 2.05) is 4.90 Å². The summed E-state index contributed by atoms with van der Waals surface area (Å²) in [5.41, 5.74) is 3.11. The number of carbonyl (C=O) groups excluding carboxylic acids is 1. The number of nitrogens with two attached hydrogens (primary N) is 1. The van der Waals surface area contributed by atoms with E-state index in [0.29, 0.717) is 43.9 Å². The van der Waals surface area contributed by atoms with E-state index in [4.69, 9.17) is 15.6 Å². The molecule has 1 unspecified atom stereocenters. The Kier molecular flexibility index (Phi) is 8.82. The SMILES string of the molecule is NC(=O)c1ccc(C(COCc2cc(C(F)(F)F)cc(C(F)(F)F)c2)N2CCN(CC(=O)O)CC2)cc1. The van der Waals surface area contributed by atoms with E-state index in [0.717, 1.165) is 0 Å². The number of aliphatic carboxylic acids is 1. The van der Waals surface area contributed by atoms with E-state index in [2.05, 4.69) is 0 Å². The summed E-state index contributed by atoms with van der Waals surface area (Å²) in [6, 6.07) is 7.15. The number of ether oxygens (including phenoxy) is 1. The van der Waals surface area contributed by atoms with Crippen LogP contribution in [0.25, 0.3) is 0 Å². The predicted molar refractivity (Wildman–Crippen MR) is 119 cm³/mol. The van der Waals surface area contributed by atoms with Gasteiger partial charge < -0.3 is 15.6 Å². The number of rotatable bonds is 9. The minimum Gasteiger partial charge on any atom is -0.480 e. The number of primary amides is 1. The van der Waals surface area contributed by atoms with Gasteiger partial charge in [0.25, 0.3) is 0 Å². The summed E-state index contributed by atoms with van der Waals surface area (Å²) in [7, 11) is 0. The maximum atomic E-state index is 13.2. The first kappa shape index (κ1) is 28.4. The van der Waals surface area contributed by atoms with Crippen molar-refractivity contribution in [2.24, 2.45) is 5.73 Å². The fourth-order valence-corrected chi connectivity index (χ4v) is 4.10. The molecule has 2 aromatic rings. The fourth-order valence-electron chi connectivity index (χ4n) is 4.10. The number of halogens is 6. The van der Waals surface area contributed by atoms with Crippen LogP contribution in [0.2, 0.25) is 0 Å². The molecule has 3 N–H and O–H groups in total. The van der Waals surface area contributed by atoms with Gasteiger partial charge in [-0.05, 0) is 41.5 Å². The summed E-state index contributed by atoms with van der Waals surface area (Å²) < 4.78 is 84.6. The van der Waals surface area contributed by atoms with Gasteiger partial charge in [-0.2, -0.15) is 26.3 Å². The monoisotopic (exact) mass is 533 g/mol. The molecule has 1 atom stereocenters. The van der Waals surface area contributed by atoms with Crippen molar-refractivity contribution in [3.8, 4) is 0 Å². The zero-order valence-electron chi connectivity index (χ0n) is 19.5. The number of alkyl halides is 6. The van der Waals surface area contributed by atoms with Crippen LogP contribution in [0.5, 0.6) is 0 Å². The molecule has 1 fully saturated rings. The number of carboxylic acids is 1. The van der Waals surface area contributed by atoms with E-state index in [9.17, 15) is 35.9 Å². The van der Waals surface area contributed by atoms with Gasteiger partial charge in [-0.3, -0.25) is 19.4 Å². The van der Waals surface area contributed by atoms with Gasteiger partial charge in [-0.1, -0.05) is 12.1 Å². The molecular weight excluding hydrogens is 508 g/mol. The Labute approximate surface area is 208 Å².